The summed E-state index contributed by atoms with van der Waals surface area (Å²) in [6.45, 7) is 3.32. The minimum absolute atomic E-state index is 0.0935. The zero-order chi connectivity index (χ0) is 19.4. The van der Waals surface area contributed by atoms with Crippen LogP contribution >= 0.6 is 11.3 Å². The van der Waals surface area contributed by atoms with Crippen LogP contribution < -0.4 is 9.63 Å². The fourth-order valence-corrected chi connectivity index (χ4v) is 3.33. The molecule has 3 rings (SSSR count). The predicted octanol–water partition coefficient (Wildman–Crippen LogP) is 3.13. The van der Waals surface area contributed by atoms with Gasteiger partial charge in [0.25, 0.3) is 0 Å². The fraction of sp³-hybridized carbons (Fsp3) is 0.158. The van der Waals surface area contributed by atoms with Gasteiger partial charge >= 0.3 is 11.7 Å². The number of hydrogen-bond donors (Lipinski definition) is 0. The number of ether oxygens (including phenoxy) is 1. The summed E-state index contributed by atoms with van der Waals surface area (Å²) in [5.74, 6) is -0.905. The van der Waals surface area contributed by atoms with E-state index in [0.29, 0.717) is 15.6 Å². The van der Waals surface area contributed by atoms with Crippen LogP contribution in [0.4, 0.5) is 10.8 Å². The van der Waals surface area contributed by atoms with Crippen molar-refractivity contribution < 1.29 is 19.1 Å². The highest BCUT2D eigenvalue weighted by molar-refractivity contribution is 7.14. The number of benzene rings is 1. The molecule has 0 atom stereocenters. The normalized spacial score (nSPS) is 10.4. The molecule has 0 saturated carbocycles. The van der Waals surface area contributed by atoms with E-state index in [1.165, 1.54) is 41.5 Å². The molecule has 1 amide bonds. The Bertz CT molecular complexity index is 986. The van der Waals surface area contributed by atoms with Gasteiger partial charge in [0.05, 0.1) is 11.4 Å². The van der Waals surface area contributed by atoms with E-state index in [4.69, 9.17) is 4.74 Å². The topological polar surface area (TPSA) is 86.4 Å². The van der Waals surface area contributed by atoms with Gasteiger partial charge in [-0.15, -0.1) is 11.3 Å². The van der Waals surface area contributed by atoms with Crippen molar-refractivity contribution in [1.82, 2.24) is 4.98 Å². The third-order valence-corrected chi connectivity index (χ3v) is 4.56. The Morgan fingerprint density at radius 3 is 2.78 bits per heavy atom. The second-order valence-electron chi connectivity index (χ2n) is 5.80. The molecular weight excluding hydrogens is 366 g/mol. The van der Waals surface area contributed by atoms with E-state index in [1.807, 2.05) is 31.2 Å². The Morgan fingerprint density at radius 1 is 1.26 bits per heavy atom. The lowest BCUT2D eigenvalue weighted by molar-refractivity contribution is -0.608. The van der Waals surface area contributed by atoms with Gasteiger partial charge in [0.15, 0.2) is 11.3 Å². The first-order valence-electron chi connectivity index (χ1n) is 8.13. The van der Waals surface area contributed by atoms with E-state index in [-0.39, 0.29) is 18.2 Å². The first kappa shape index (κ1) is 18.5. The number of thiazole rings is 1. The maximum atomic E-state index is 12.1. The van der Waals surface area contributed by atoms with Gasteiger partial charge in [-0.25, -0.2) is 9.78 Å². The molecule has 138 valence electrons. The van der Waals surface area contributed by atoms with E-state index in [0.717, 1.165) is 11.3 Å². The highest BCUT2D eigenvalue weighted by atomic mass is 32.1. The Hall–Kier alpha value is -3.26. The van der Waals surface area contributed by atoms with Crippen LogP contribution in [0.1, 0.15) is 28.7 Å². The van der Waals surface area contributed by atoms with Gasteiger partial charge in [-0.3, -0.25) is 9.69 Å². The Morgan fingerprint density at radius 2 is 2.07 bits per heavy atom. The third kappa shape index (κ3) is 4.29. The van der Waals surface area contributed by atoms with Gasteiger partial charge in [-0.2, -0.15) is 4.73 Å². The van der Waals surface area contributed by atoms with Gasteiger partial charge in [0.2, 0.25) is 5.91 Å². The summed E-state index contributed by atoms with van der Waals surface area (Å²) in [4.78, 5) is 30.0. The number of esters is 1. The summed E-state index contributed by atoms with van der Waals surface area (Å²) in [6, 6.07) is 12.0. The summed E-state index contributed by atoms with van der Waals surface area (Å²) in [5, 5.41) is 13.8. The lowest BCUT2D eigenvalue weighted by Crippen LogP contribution is -2.34. The second kappa shape index (κ2) is 7.96. The van der Waals surface area contributed by atoms with Crippen molar-refractivity contribution in [2.24, 2.45) is 0 Å². The molecule has 0 fully saturated rings. The summed E-state index contributed by atoms with van der Waals surface area (Å²) < 4.78 is 5.60. The lowest BCUT2D eigenvalue weighted by Gasteiger charge is -2.18. The molecule has 0 spiro atoms. The van der Waals surface area contributed by atoms with E-state index < -0.39 is 5.97 Å². The molecule has 2 aromatic heterocycles. The summed E-state index contributed by atoms with van der Waals surface area (Å²) >= 11 is 1.27. The predicted molar refractivity (Wildman–Crippen MR) is 101 cm³/mol. The summed E-state index contributed by atoms with van der Waals surface area (Å²) in [5.41, 5.74) is 2.14. The van der Waals surface area contributed by atoms with E-state index >= 15 is 0 Å². The SMILES string of the molecule is CC(=O)N(c1cccc(C)c1)c1nc(COC(=O)c2cccc[n+]2[O-])cs1. The molecule has 8 heteroatoms. The number of rotatable bonds is 5. The van der Waals surface area contributed by atoms with Gasteiger partial charge in [0, 0.05) is 24.4 Å². The molecule has 0 saturated heterocycles. The van der Waals surface area contributed by atoms with Crippen molar-refractivity contribution in [3.8, 4) is 0 Å². The van der Waals surface area contributed by atoms with Crippen LogP contribution in [0.3, 0.4) is 0 Å². The molecule has 2 heterocycles. The van der Waals surface area contributed by atoms with Crippen LogP contribution in [-0.4, -0.2) is 16.9 Å². The van der Waals surface area contributed by atoms with Gasteiger partial charge < -0.3 is 9.94 Å². The van der Waals surface area contributed by atoms with Crippen molar-refractivity contribution in [2.75, 3.05) is 4.90 Å². The molecule has 0 bridgehead atoms. The summed E-state index contributed by atoms with van der Waals surface area (Å²) in [6.07, 6.45) is 1.23. The molecule has 0 aliphatic carbocycles. The second-order valence-corrected chi connectivity index (χ2v) is 6.64. The maximum absolute atomic E-state index is 12.1. The smallest absolute Gasteiger partial charge is 0.405 e. The van der Waals surface area contributed by atoms with Crippen molar-refractivity contribution >= 4 is 34.0 Å². The average Bonchev–Trinajstić information content (AvgIpc) is 3.08. The number of hydrogen-bond acceptors (Lipinski definition) is 6. The molecule has 1 aromatic carbocycles. The fourth-order valence-electron chi connectivity index (χ4n) is 2.46. The molecule has 0 aliphatic heterocycles. The molecule has 0 unspecified atom stereocenters. The molecular formula is C19H17N3O4S. The first-order valence-corrected chi connectivity index (χ1v) is 9.01. The Labute approximate surface area is 160 Å². The molecule has 0 aliphatic rings. The molecule has 3 aromatic rings. The zero-order valence-corrected chi connectivity index (χ0v) is 15.6. The van der Waals surface area contributed by atoms with Crippen molar-refractivity contribution in [1.29, 1.82) is 0 Å². The number of anilines is 2. The van der Waals surface area contributed by atoms with E-state index in [1.54, 1.807) is 11.4 Å². The summed E-state index contributed by atoms with van der Waals surface area (Å²) in [7, 11) is 0. The molecule has 27 heavy (non-hydrogen) atoms. The van der Waals surface area contributed by atoms with Crippen LogP contribution in [-0.2, 0) is 16.1 Å². The van der Waals surface area contributed by atoms with Crippen molar-refractivity contribution in [3.63, 3.8) is 0 Å². The van der Waals surface area contributed by atoms with Crippen LogP contribution in [0.15, 0.2) is 54.0 Å². The van der Waals surface area contributed by atoms with Gasteiger partial charge in [-0.1, -0.05) is 12.1 Å². The first-order chi connectivity index (χ1) is 13.0. The Kier molecular flexibility index (Phi) is 5.46. The number of aromatic nitrogens is 2. The lowest BCUT2D eigenvalue weighted by atomic mass is 10.2. The van der Waals surface area contributed by atoms with Crippen molar-refractivity contribution in [2.45, 2.75) is 20.5 Å². The monoisotopic (exact) mass is 383 g/mol. The number of nitrogens with zero attached hydrogens (tertiary/aromatic N) is 3. The van der Waals surface area contributed by atoms with Crippen LogP contribution in [0.5, 0.6) is 0 Å². The highest BCUT2D eigenvalue weighted by Gasteiger charge is 2.20. The van der Waals surface area contributed by atoms with E-state index in [2.05, 4.69) is 4.98 Å². The number of amides is 1. The highest BCUT2D eigenvalue weighted by Crippen LogP contribution is 2.29. The number of aryl methyl sites for hydroxylation is 1. The number of carbonyl (C=O) groups excluding carboxylic acids is 2. The largest absolute Gasteiger partial charge is 0.618 e. The van der Waals surface area contributed by atoms with Gasteiger partial charge in [-0.05, 0) is 30.7 Å². The quantitative estimate of drug-likeness (QED) is 0.384. The maximum Gasteiger partial charge on any atom is 0.405 e. The minimum atomic E-state index is -0.734. The Balaban J connectivity index is 1.74. The molecule has 0 N–H and O–H groups in total. The van der Waals surface area contributed by atoms with Gasteiger partial charge in [0.1, 0.15) is 6.61 Å². The minimum Gasteiger partial charge on any atom is -0.618 e. The number of carbonyl (C=O) groups is 2. The standard InChI is InChI=1S/C19H17N3O4S/c1-13-6-5-7-16(10-13)22(14(2)23)19-20-15(12-27-19)11-26-18(24)17-8-3-4-9-21(17)25/h3-10,12H,11H2,1-2H3. The van der Waals surface area contributed by atoms with Crippen LogP contribution in [0, 0.1) is 12.1 Å². The molecule has 0 radical (unpaired) electrons. The third-order valence-electron chi connectivity index (χ3n) is 3.69. The van der Waals surface area contributed by atoms with Crippen LogP contribution in [0.25, 0.3) is 0 Å². The average molecular weight is 383 g/mol. The van der Waals surface area contributed by atoms with Crippen molar-refractivity contribution in [3.05, 3.63) is 76.2 Å². The number of pyridine rings is 1. The zero-order valence-electron chi connectivity index (χ0n) is 14.8. The molecule has 7 nitrogen and oxygen atoms in total. The van der Waals surface area contributed by atoms with E-state index in [9.17, 15) is 14.8 Å². The van der Waals surface area contributed by atoms with Crippen LogP contribution in [0.2, 0.25) is 0 Å².